The normalized spacial score (nSPS) is 10.8. The molecule has 33 heavy (non-hydrogen) atoms. The summed E-state index contributed by atoms with van der Waals surface area (Å²) in [7, 11) is -2.63. The summed E-state index contributed by atoms with van der Waals surface area (Å²) < 4.78 is 32.9. The van der Waals surface area contributed by atoms with Crippen molar-refractivity contribution < 1.29 is 26.9 Å². The summed E-state index contributed by atoms with van der Waals surface area (Å²) in [5, 5.41) is 10.2. The van der Waals surface area contributed by atoms with Gasteiger partial charge in [-0.15, -0.1) is 0 Å². The number of hydrogen-bond donors (Lipinski definition) is 3. The van der Waals surface area contributed by atoms with Crippen LogP contribution in [0.2, 0.25) is 0 Å². The van der Waals surface area contributed by atoms with Crippen LogP contribution in [0.15, 0.2) is 66.7 Å². The fourth-order valence-electron chi connectivity index (χ4n) is 3.16. The first-order valence-electron chi connectivity index (χ1n) is 9.56. The molecule has 0 unspecified atom stereocenters. The SMILES string of the molecule is COc1cccc(C(=O)Nc2ccc(C(=N)N)cc2)c1-c1ccccc1C(=O)OS(C)(=O)=O. The molecule has 0 saturated carbocycles. The third kappa shape index (κ3) is 5.55. The van der Waals surface area contributed by atoms with E-state index in [0.717, 1.165) is 6.26 Å². The molecule has 0 aromatic heterocycles. The lowest BCUT2D eigenvalue weighted by Gasteiger charge is -2.16. The zero-order valence-electron chi connectivity index (χ0n) is 17.8. The lowest BCUT2D eigenvalue weighted by molar-refractivity contribution is 0.0748. The summed E-state index contributed by atoms with van der Waals surface area (Å²) in [4.78, 5) is 25.7. The lowest BCUT2D eigenvalue weighted by atomic mass is 9.94. The Balaban J connectivity index is 2.07. The predicted molar refractivity (Wildman–Crippen MR) is 124 cm³/mol. The van der Waals surface area contributed by atoms with Gasteiger partial charge in [-0.3, -0.25) is 10.2 Å². The molecule has 3 aromatic carbocycles. The van der Waals surface area contributed by atoms with Crippen molar-refractivity contribution in [2.45, 2.75) is 0 Å². The van der Waals surface area contributed by atoms with Crippen molar-refractivity contribution >= 4 is 33.5 Å². The fourth-order valence-corrected chi connectivity index (χ4v) is 3.53. The van der Waals surface area contributed by atoms with Gasteiger partial charge in [0.25, 0.3) is 5.91 Å². The van der Waals surface area contributed by atoms with Gasteiger partial charge in [-0.1, -0.05) is 24.3 Å². The van der Waals surface area contributed by atoms with E-state index >= 15 is 0 Å². The highest BCUT2D eigenvalue weighted by atomic mass is 32.2. The lowest BCUT2D eigenvalue weighted by Crippen LogP contribution is -2.16. The molecule has 0 aliphatic heterocycles. The number of methoxy groups -OCH3 is 1. The fraction of sp³-hybridized carbons (Fsp3) is 0.0870. The van der Waals surface area contributed by atoms with Gasteiger partial charge in [0, 0.05) is 22.4 Å². The molecule has 9 nitrogen and oxygen atoms in total. The largest absolute Gasteiger partial charge is 0.496 e. The zero-order chi connectivity index (χ0) is 24.2. The Morgan fingerprint density at radius 1 is 0.939 bits per heavy atom. The maximum absolute atomic E-state index is 13.2. The van der Waals surface area contributed by atoms with Crippen molar-refractivity contribution in [3.8, 4) is 16.9 Å². The quantitative estimate of drug-likeness (QED) is 0.275. The summed E-state index contributed by atoms with van der Waals surface area (Å²) in [6.07, 6.45) is 0.771. The Morgan fingerprint density at radius 3 is 2.18 bits per heavy atom. The summed E-state index contributed by atoms with van der Waals surface area (Å²) >= 11 is 0. The van der Waals surface area contributed by atoms with Crippen molar-refractivity contribution in [3.63, 3.8) is 0 Å². The van der Waals surface area contributed by atoms with Gasteiger partial charge in [-0.05, 0) is 42.5 Å². The van der Waals surface area contributed by atoms with Gasteiger partial charge in [-0.25, -0.2) is 4.79 Å². The third-order valence-corrected chi connectivity index (χ3v) is 5.04. The number of hydrogen-bond acceptors (Lipinski definition) is 7. The standard InChI is InChI=1S/C23H21N3O6S/c1-31-19-9-5-8-18(22(27)26-15-12-10-14(11-13-15)21(24)25)20(19)16-6-3-4-7-17(16)23(28)32-33(2,29)30/h3-13H,1-2H3,(H3,24,25)(H,26,27). The minimum absolute atomic E-state index is 0.0488. The molecule has 3 rings (SSSR count). The molecule has 0 spiro atoms. The number of carbonyl (C=O) groups excluding carboxylic acids is 2. The summed E-state index contributed by atoms with van der Waals surface area (Å²) in [6.45, 7) is 0. The van der Waals surface area contributed by atoms with Crippen LogP contribution in [-0.2, 0) is 14.3 Å². The van der Waals surface area contributed by atoms with Crippen LogP contribution in [-0.4, -0.2) is 39.5 Å². The smallest absolute Gasteiger partial charge is 0.354 e. The van der Waals surface area contributed by atoms with E-state index in [4.69, 9.17) is 15.9 Å². The van der Waals surface area contributed by atoms with Gasteiger partial charge in [0.2, 0.25) is 0 Å². The number of amides is 1. The molecule has 0 bridgehead atoms. The van der Waals surface area contributed by atoms with E-state index < -0.39 is 22.0 Å². The Morgan fingerprint density at radius 2 is 1.58 bits per heavy atom. The first-order chi connectivity index (χ1) is 15.6. The minimum atomic E-state index is -4.05. The van der Waals surface area contributed by atoms with Crippen LogP contribution in [0.4, 0.5) is 5.69 Å². The molecule has 0 radical (unpaired) electrons. The zero-order valence-corrected chi connectivity index (χ0v) is 18.6. The molecular weight excluding hydrogens is 446 g/mol. The Labute approximate surface area is 190 Å². The molecule has 1 amide bonds. The molecule has 3 aromatic rings. The Bertz CT molecular complexity index is 1330. The molecule has 0 fully saturated rings. The minimum Gasteiger partial charge on any atom is -0.496 e. The average Bonchev–Trinajstić information content (AvgIpc) is 2.77. The monoisotopic (exact) mass is 467 g/mol. The Hall–Kier alpha value is -4.18. The van der Waals surface area contributed by atoms with Crippen LogP contribution in [0.25, 0.3) is 11.1 Å². The van der Waals surface area contributed by atoms with E-state index in [1.807, 2.05) is 0 Å². The van der Waals surface area contributed by atoms with Gasteiger partial charge < -0.3 is 20.0 Å². The Kier molecular flexibility index (Phi) is 6.78. The number of nitrogen functional groups attached to an aromatic ring is 1. The van der Waals surface area contributed by atoms with Crippen LogP contribution < -0.4 is 15.8 Å². The molecule has 0 aliphatic rings. The molecule has 0 aliphatic carbocycles. The second-order valence-electron chi connectivity index (χ2n) is 6.95. The van der Waals surface area contributed by atoms with E-state index in [0.29, 0.717) is 22.6 Å². The molecule has 170 valence electrons. The number of nitrogens with two attached hydrogens (primary N) is 1. The molecule has 4 N–H and O–H groups in total. The second kappa shape index (κ2) is 9.53. The number of carbonyl (C=O) groups is 2. The number of anilines is 1. The number of benzene rings is 3. The summed E-state index contributed by atoms with van der Waals surface area (Å²) in [6, 6.07) is 17.3. The van der Waals surface area contributed by atoms with Gasteiger partial charge in [0.05, 0.1) is 24.5 Å². The van der Waals surface area contributed by atoms with Crippen LogP contribution >= 0.6 is 0 Å². The van der Waals surface area contributed by atoms with E-state index in [1.165, 1.54) is 13.2 Å². The first-order valence-corrected chi connectivity index (χ1v) is 11.4. The average molecular weight is 468 g/mol. The van der Waals surface area contributed by atoms with Crippen molar-refractivity contribution in [1.29, 1.82) is 5.41 Å². The van der Waals surface area contributed by atoms with Gasteiger partial charge in [0.15, 0.2) is 0 Å². The number of nitrogens with one attached hydrogen (secondary N) is 2. The van der Waals surface area contributed by atoms with Gasteiger partial charge in [0.1, 0.15) is 11.6 Å². The molecule has 10 heteroatoms. The van der Waals surface area contributed by atoms with E-state index in [1.54, 1.807) is 60.7 Å². The third-order valence-electron chi connectivity index (χ3n) is 4.59. The van der Waals surface area contributed by atoms with Gasteiger partial charge >= 0.3 is 16.1 Å². The first kappa shape index (κ1) is 23.5. The number of amidine groups is 1. The maximum atomic E-state index is 13.2. The second-order valence-corrected chi connectivity index (χ2v) is 8.52. The van der Waals surface area contributed by atoms with Crippen molar-refractivity contribution in [1.82, 2.24) is 0 Å². The molecule has 0 saturated heterocycles. The van der Waals surface area contributed by atoms with Crippen molar-refractivity contribution in [2.24, 2.45) is 5.73 Å². The van der Waals surface area contributed by atoms with Gasteiger partial charge in [-0.2, -0.15) is 8.42 Å². The van der Waals surface area contributed by atoms with E-state index in [9.17, 15) is 18.0 Å². The highest BCUT2D eigenvalue weighted by Crippen LogP contribution is 2.36. The van der Waals surface area contributed by atoms with Crippen LogP contribution in [0.1, 0.15) is 26.3 Å². The highest BCUT2D eigenvalue weighted by molar-refractivity contribution is 7.86. The maximum Gasteiger partial charge on any atom is 0.354 e. The molecular formula is C23H21N3O6S. The number of ether oxygens (including phenoxy) is 1. The van der Waals surface area contributed by atoms with Crippen molar-refractivity contribution in [2.75, 3.05) is 18.7 Å². The van der Waals surface area contributed by atoms with Crippen molar-refractivity contribution in [3.05, 3.63) is 83.4 Å². The summed E-state index contributed by atoms with van der Waals surface area (Å²) in [5.74, 6) is -1.37. The van der Waals surface area contributed by atoms with E-state index in [2.05, 4.69) is 9.50 Å². The van der Waals surface area contributed by atoms with Crippen LogP contribution in [0.3, 0.4) is 0 Å². The summed E-state index contributed by atoms with van der Waals surface area (Å²) in [5.41, 5.74) is 7.12. The number of rotatable bonds is 7. The highest BCUT2D eigenvalue weighted by Gasteiger charge is 2.24. The van der Waals surface area contributed by atoms with E-state index in [-0.39, 0.29) is 22.5 Å². The molecule has 0 heterocycles. The topological polar surface area (TPSA) is 149 Å². The molecule has 0 atom stereocenters. The van der Waals surface area contributed by atoms with Crippen LogP contribution in [0, 0.1) is 5.41 Å². The predicted octanol–water partition coefficient (Wildman–Crippen LogP) is 3.01. The van der Waals surface area contributed by atoms with Crippen LogP contribution in [0.5, 0.6) is 5.75 Å².